The Balaban J connectivity index is 1.21. The zero-order valence-corrected chi connectivity index (χ0v) is 22.6. The topological polar surface area (TPSA) is 108 Å². The first-order valence-corrected chi connectivity index (χ1v) is 13.8. The number of nitrogens with zero attached hydrogens (tertiary/aromatic N) is 1. The number of fused-ring (bicyclic) bond motifs is 3. The normalized spacial score (nSPS) is 18.9. The molecular formula is C32H35N3O5. The van der Waals surface area contributed by atoms with Gasteiger partial charge in [0, 0.05) is 25.6 Å². The number of amides is 2. The van der Waals surface area contributed by atoms with Gasteiger partial charge in [-0.05, 0) is 40.7 Å². The molecule has 3 aromatic rings. The van der Waals surface area contributed by atoms with Crippen molar-refractivity contribution in [2.45, 2.75) is 50.2 Å². The van der Waals surface area contributed by atoms with Gasteiger partial charge in [-0.3, -0.25) is 9.69 Å². The molecule has 0 aromatic heterocycles. The van der Waals surface area contributed by atoms with Gasteiger partial charge >= 0.3 is 12.1 Å². The fourth-order valence-corrected chi connectivity index (χ4v) is 5.86. The third-order valence-corrected chi connectivity index (χ3v) is 7.90. The summed E-state index contributed by atoms with van der Waals surface area (Å²) in [4.78, 5) is 40.6. The maximum absolute atomic E-state index is 13.3. The number of carboxylic acid groups (broad SMARTS) is 1. The third kappa shape index (κ3) is 5.72. The number of carbonyl (C=O) groups excluding carboxylic acids is 2. The van der Waals surface area contributed by atoms with Crippen LogP contribution in [0.3, 0.4) is 0 Å². The highest BCUT2D eigenvalue weighted by Gasteiger charge is 2.47. The lowest BCUT2D eigenvalue weighted by Crippen LogP contribution is -2.60. The van der Waals surface area contributed by atoms with E-state index in [1.165, 1.54) is 0 Å². The standard InChI is InChI=1S/C32H35N3O5/c1-2-10-28(29(36)34-32(30(37)38)17-18-35(21-32)19-22-11-4-3-5-12-22)33-31(39)40-20-27-25-15-8-6-13-23(25)24-14-7-9-16-26(24)27/h3-9,11-16,27-28H,2,10,17-21H2,1H3,(H,33,39)(H,34,36)(H,37,38)/t28-,32?/m0/s1. The van der Waals surface area contributed by atoms with E-state index in [0.717, 1.165) is 27.8 Å². The molecule has 2 amide bonds. The fraction of sp³-hybridized carbons (Fsp3) is 0.344. The zero-order valence-electron chi connectivity index (χ0n) is 22.6. The number of carboxylic acids is 1. The van der Waals surface area contributed by atoms with Crippen LogP contribution < -0.4 is 10.6 Å². The first-order valence-electron chi connectivity index (χ1n) is 13.8. The highest BCUT2D eigenvalue weighted by atomic mass is 16.5. The van der Waals surface area contributed by atoms with Gasteiger partial charge in [-0.1, -0.05) is 92.2 Å². The van der Waals surface area contributed by atoms with E-state index < -0.39 is 29.6 Å². The Morgan fingerprint density at radius 1 is 0.975 bits per heavy atom. The molecule has 1 aliphatic heterocycles. The molecule has 1 aliphatic carbocycles. The van der Waals surface area contributed by atoms with Crippen LogP contribution in [0.25, 0.3) is 11.1 Å². The Morgan fingerprint density at radius 3 is 2.23 bits per heavy atom. The van der Waals surface area contributed by atoms with Gasteiger partial charge < -0.3 is 20.5 Å². The molecule has 8 nitrogen and oxygen atoms in total. The van der Waals surface area contributed by atoms with Crippen LogP contribution in [0.2, 0.25) is 0 Å². The maximum atomic E-state index is 13.3. The van der Waals surface area contributed by atoms with Crippen LogP contribution in [0, 0.1) is 0 Å². The predicted octanol–water partition coefficient (Wildman–Crippen LogP) is 4.54. The Labute approximate surface area is 234 Å². The van der Waals surface area contributed by atoms with Crippen molar-refractivity contribution >= 4 is 18.0 Å². The number of benzene rings is 3. The van der Waals surface area contributed by atoms with E-state index in [2.05, 4.69) is 22.8 Å². The minimum atomic E-state index is -1.42. The zero-order chi connectivity index (χ0) is 28.1. The first-order chi connectivity index (χ1) is 19.4. The summed E-state index contributed by atoms with van der Waals surface area (Å²) in [6.07, 6.45) is 0.573. The smallest absolute Gasteiger partial charge is 0.407 e. The molecule has 5 rings (SSSR count). The van der Waals surface area contributed by atoms with Crippen LogP contribution in [0.1, 0.15) is 48.8 Å². The molecule has 1 fully saturated rings. The van der Waals surface area contributed by atoms with Gasteiger partial charge in [0.15, 0.2) is 5.54 Å². The summed E-state index contributed by atoms with van der Waals surface area (Å²) in [5.41, 5.74) is 4.13. The SMILES string of the molecule is CCC[C@H](NC(=O)OCC1c2ccccc2-c2ccccc21)C(=O)NC1(C(=O)O)CCN(Cc2ccccc2)C1. The number of likely N-dealkylation sites (tertiary alicyclic amines) is 1. The van der Waals surface area contributed by atoms with Gasteiger partial charge in [0.1, 0.15) is 12.6 Å². The largest absolute Gasteiger partial charge is 0.479 e. The van der Waals surface area contributed by atoms with Crippen molar-refractivity contribution in [3.05, 3.63) is 95.6 Å². The first kappa shape index (κ1) is 27.4. The predicted molar refractivity (Wildman–Crippen MR) is 152 cm³/mol. The van der Waals surface area contributed by atoms with Gasteiger partial charge in [0.25, 0.3) is 0 Å². The summed E-state index contributed by atoms with van der Waals surface area (Å²) in [6.45, 7) is 3.37. The second kappa shape index (κ2) is 11.9. The van der Waals surface area contributed by atoms with Crippen LogP contribution in [0.4, 0.5) is 4.79 Å². The molecule has 3 N–H and O–H groups in total. The number of hydrogen-bond acceptors (Lipinski definition) is 5. The molecule has 2 atom stereocenters. The van der Waals surface area contributed by atoms with Crippen molar-refractivity contribution in [1.82, 2.24) is 15.5 Å². The number of aliphatic carboxylic acids is 1. The number of ether oxygens (including phenoxy) is 1. The number of rotatable bonds is 10. The maximum Gasteiger partial charge on any atom is 0.407 e. The van der Waals surface area contributed by atoms with Crippen molar-refractivity contribution < 1.29 is 24.2 Å². The van der Waals surface area contributed by atoms with Gasteiger partial charge in [-0.25, -0.2) is 9.59 Å². The second-order valence-electron chi connectivity index (χ2n) is 10.6. The van der Waals surface area contributed by atoms with Crippen LogP contribution in [-0.2, 0) is 20.9 Å². The molecule has 1 saturated heterocycles. The Morgan fingerprint density at radius 2 is 1.60 bits per heavy atom. The van der Waals surface area contributed by atoms with E-state index in [1.807, 2.05) is 78.6 Å². The summed E-state index contributed by atoms with van der Waals surface area (Å²) in [6, 6.07) is 25.1. The highest BCUT2D eigenvalue weighted by Crippen LogP contribution is 2.44. The summed E-state index contributed by atoms with van der Waals surface area (Å²) >= 11 is 0. The molecule has 0 radical (unpaired) electrons. The van der Waals surface area contributed by atoms with E-state index in [0.29, 0.717) is 25.9 Å². The molecule has 3 aromatic carbocycles. The van der Waals surface area contributed by atoms with Gasteiger partial charge in [0.05, 0.1) is 0 Å². The molecule has 1 heterocycles. The van der Waals surface area contributed by atoms with Gasteiger partial charge in [0.2, 0.25) is 5.91 Å². The van der Waals surface area contributed by atoms with Crippen LogP contribution >= 0.6 is 0 Å². The van der Waals surface area contributed by atoms with Crippen LogP contribution in [-0.4, -0.2) is 59.3 Å². The Bertz CT molecular complexity index is 1330. The second-order valence-corrected chi connectivity index (χ2v) is 10.6. The summed E-state index contributed by atoms with van der Waals surface area (Å²) < 4.78 is 5.64. The number of nitrogens with one attached hydrogen (secondary N) is 2. The molecule has 40 heavy (non-hydrogen) atoms. The fourth-order valence-electron chi connectivity index (χ4n) is 5.86. The van der Waals surface area contributed by atoms with Crippen molar-refractivity contribution in [2.24, 2.45) is 0 Å². The van der Waals surface area contributed by atoms with Crippen LogP contribution in [0.15, 0.2) is 78.9 Å². The highest BCUT2D eigenvalue weighted by molar-refractivity contribution is 5.91. The molecule has 1 unspecified atom stereocenters. The summed E-state index contributed by atoms with van der Waals surface area (Å²) in [5.74, 6) is -1.69. The lowest BCUT2D eigenvalue weighted by Gasteiger charge is -2.29. The molecule has 2 aliphatic rings. The van der Waals surface area contributed by atoms with Gasteiger partial charge in [-0.2, -0.15) is 0 Å². The lowest BCUT2D eigenvalue weighted by atomic mass is 9.97. The lowest BCUT2D eigenvalue weighted by molar-refractivity contribution is -0.147. The van der Waals surface area contributed by atoms with E-state index in [9.17, 15) is 19.5 Å². The van der Waals surface area contributed by atoms with Crippen LogP contribution in [0.5, 0.6) is 0 Å². The van der Waals surface area contributed by atoms with Crippen molar-refractivity contribution in [3.63, 3.8) is 0 Å². The van der Waals surface area contributed by atoms with Gasteiger partial charge in [-0.15, -0.1) is 0 Å². The van der Waals surface area contributed by atoms with E-state index in [4.69, 9.17) is 4.74 Å². The Kier molecular flexibility index (Phi) is 8.16. The number of hydrogen-bond donors (Lipinski definition) is 3. The monoisotopic (exact) mass is 541 g/mol. The summed E-state index contributed by atoms with van der Waals surface area (Å²) in [7, 11) is 0. The van der Waals surface area contributed by atoms with E-state index >= 15 is 0 Å². The van der Waals surface area contributed by atoms with E-state index in [-0.39, 0.29) is 25.5 Å². The molecule has 0 spiro atoms. The van der Waals surface area contributed by atoms with Crippen molar-refractivity contribution in [3.8, 4) is 11.1 Å². The molecule has 0 bridgehead atoms. The quantitative estimate of drug-likeness (QED) is 0.348. The molecule has 8 heteroatoms. The average molecular weight is 542 g/mol. The molecular weight excluding hydrogens is 506 g/mol. The molecule has 0 saturated carbocycles. The minimum Gasteiger partial charge on any atom is -0.479 e. The molecule has 208 valence electrons. The third-order valence-electron chi connectivity index (χ3n) is 7.90. The van der Waals surface area contributed by atoms with E-state index in [1.54, 1.807) is 0 Å². The van der Waals surface area contributed by atoms with Crippen molar-refractivity contribution in [1.29, 1.82) is 0 Å². The number of alkyl carbamates (subject to hydrolysis) is 1. The van der Waals surface area contributed by atoms with Crippen molar-refractivity contribution in [2.75, 3.05) is 19.7 Å². The Hall–Kier alpha value is -4.17. The average Bonchev–Trinajstić information content (AvgIpc) is 3.51. The minimum absolute atomic E-state index is 0.0963. The number of carbonyl (C=O) groups is 3. The summed E-state index contributed by atoms with van der Waals surface area (Å²) in [5, 5.41) is 15.6.